The second-order valence-electron chi connectivity index (χ2n) is 5.31. The number of hydrogen-bond donors (Lipinski definition) is 6. The number of hydrogen-bond acceptors (Lipinski definition) is 10. The Bertz CT molecular complexity index is 942. The molecule has 5 unspecified atom stereocenters. The van der Waals surface area contributed by atoms with Crippen LogP contribution < -0.4 is 11.2 Å². The first-order chi connectivity index (χ1) is 12.7. The molecule has 19 heteroatoms. The summed E-state index contributed by atoms with van der Waals surface area (Å²) in [6.45, 7) is -0.731. The first kappa shape index (κ1) is 23.7. The summed E-state index contributed by atoms with van der Waals surface area (Å²) < 4.78 is 45.9. The van der Waals surface area contributed by atoms with Crippen molar-refractivity contribution in [3.05, 3.63) is 33.1 Å². The fourth-order valence-electron chi connectivity index (χ4n) is 2.20. The summed E-state index contributed by atoms with van der Waals surface area (Å²) in [5.41, 5.74) is -1.37. The number of aromatic nitrogens is 2. The van der Waals surface area contributed by atoms with Crippen LogP contribution in [0.4, 0.5) is 0 Å². The monoisotopic (exact) mass is 484 g/mol. The highest BCUT2D eigenvalue weighted by Gasteiger charge is 2.42. The Kier molecular flexibility index (Phi) is 7.31. The molecule has 1 saturated heterocycles. The average molecular weight is 484 g/mol. The highest BCUT2D eigenvalue weighted by Crippen LogP contribution is 2.66. The smallest absolute Gasteiger partial charge is 0.392 e. The van der Waals surface area contributed by atoms with Crippen LogP contribution in [-0.2, 0) is 26.8 Å². The number of aliphatic hydroxyl groups is 1. The maximum atomic E-state index is 11.8. The van der Waals surface area contributed by atoms with Crippen LogP contribution in [0.5, 0.6) is 0 Å². The number of H-pyrrole nitrogens is 1. The Hall–Kier alpha value is -0.600. The van der Waals surface area contributed by atoms with E-state index in [0.717, 1.165) is 28.6 Å². The Morgan fingerprint density at radius 1 is 1.14 bits per heavy atom. The average Bonchev–Trinajstić information content (AvgIpc) is 2.82. The van der Waals surface area contributed by atoms with Gasteiger partial charge in [-0.3, -0.25) is 9.32 Å². The number of nitrogens with zero attached hydrogens (tertiary/aromatic N) is 1. The first-order valence-electron chi connectivity index (χ1n) is 7.11. The molecular weight excluding hydrogens is 469 g/mol. The molecule has 0 radical (unpaired) electrons. The predicted molar refractivity (Wildman–Crippen MR) is 92.2 cm³/mol. The van der Waals surface area contributed by atoms with Crippen LogP contribution in [0.25, 0.3) is 0 Å². The Morgan fingerprint density at radius 3 is 2.36 bits per heavy atom. The van der Waals surface area contributed by atoms with Gasteiger partial charge in [0.15, 0.2) is 0 Å². The Morgan fingerprint density at radius 2 is 1.79 bits per heavy atom. The zero-order chi connectivity index (χ0) is 21.3. The standard InChI is InChI=1S/C9H15N2O13P3S/c12-5-3-8(11-7(13)1-2-10-9(11)14)28-6(5)4-22-26(18,19)24-27(20,21)23-25(15,16)17/h1-2,5-6,8,12H,3-4H2,(H,10,14)(H,18,19)(H,20,21)(H2,15,16,17). The molecular formula is C9H15N2O13P3S. The van der Waals surface area contributed by atoms with Crippen molar-refractivity contribution in [2.24, 2.45) is 0 Å². The van der Waals surface area contributed by atoms with E-state index in [4.69, 9.17) is 14.7 Å². The lowest BCUT2D eigenvalue weighted by molar-refractivity contribution is 0.125. The van der Waals surface area contributed by atoms with Gasteiger partial charge in [0.25, 0.3) is 5.56 Å². The summed E-state index contributed by atoms with van der Waals surface area (Å²) >= 11 is 0.862. The molecule has 0 bridgehead atoms. The second-order valence-corrected chi connectivity index (χ2v) is 11.2. The molecule has 1 aliphatic heterocycles. The maximum Gasteiger partial charge on any atom is 0.490 e. The van der Waals surface area contributed by atoms with Gasteiger partial charge in [0.2, 0.25) is 0 Å². The minimum Gasteiger partial charge on any atom is -0.392 e. The van der Waals surface area contributed by atoms with Gasteiger partial charge in [-0.1, -0.05) is 0 Å². The van der Waals surface area contributed by atoms with Gasteiger partial charge in [-0.2, -0.15) is 8.62 Å². The van der Waals surface area contributed by atoms with Gasteiger partial charge >= 0.3 is 29.2 Å². The molecule has 2 rings (SSSR count). The molecule has 5 atom stereocenters. The lowest BCUT2D eigenvalue weighted by atomic mass is 10.2. The predicted octanol–water partition coefficient (Wildman–Crippen LogP) is -0.755. The van der Waals surface area contributed by atoms with E-state index in [1.807, 2.05) is 0 Å². The number of phosphoric ester groups is 1. The fraction of sp³-hybridized carbons (Fsp3) is 0.556. The number of rotatable bonds is 8. The van der Waals surface area contributed by atoms with E-state index < -0.39 is 58.1 Å². The van der Waals surface area contributed by atoms with Crippen molar-refractivity contribution in [2.45, 2.75) is 23.1 Å². The molecule has 0 aromatic carbocycles. The number of nitrogens with one attached hydrogen (secondary N) is 1. The zero-order valence-electron chi connectivity index (χ0n) is 13.5. The van der Waals surface area contributed by atoms with E-state index in [2.05, 4.69) is 18.1 Å². The van der Waals surface area contributed by atoms with E-state index in [1.165, 1.54) is 0 Å². The molecule has 28 heavy (non-hydrogen) atoms. The minimum atomic E-state index is -5.65. The molecule has 1 fully saturated rings. The van der Waals surface area contributed by atoms with Crippen molar-refractivity contribution in [2.75, 3.05) is 6.61 Å². The van der Waals surface area contributed by atoms with Gasteiger partial charge in [-0.05, 0) is 0 Å². The summed E-state index contributed by atoms with van der Waals surface area (Å²) in [5, 5.41) is 8.25. The molecule has 0 spiro atoms. The number of aliphatic hydroxyl groups excluding tert-OH is 1. The van der Waals surface area contributed by atoms with E-state index in [9.17, 15) is 33.3 Å². The highest BCUT2D eigenvalue weighted by atomic mass is 32.2. The molecule has 160 valence electrons. The zero-order valence-corrected chi connectivity index (χ0v) is 17.0. The van der Waals surface area contributed by atoms with Crippen molar-refractivity contribution < 1.29 is 51.5 Å². The molecule has 0 aliphatic carbocycles. The fourth-order valence-corrected chi connectivity index (χ4v) is 6.82. The molecule has 2 heterocycles. The second kappa shape index (κ2) is 8.64. The largest absolute Gasteiger partial charge is 0.490 e. The van der Waals surface area contributed by atoms with Crippen LogP contribution in [0.15, 0.2) is 21.9 Å². The lowest BCUT2D eigenvalue weighted by Gasteiger charge is -2.18. The third-order valence-corrected chi connectivity index (χ3v) is 8.52. The summed E-state index contributed by atoms with van der Waals surface area (Å²) in [6.07, 6.45) is -0.125. The number of aromatic amines is 1. The van der Waals surface area contributed by atoms with Gasteiger partial charge in [0.1, 0.15) is 0 Å². The van der Waals surface area contributed by atoms with Crippen LogP contribution in [0.1, 0.15) is 11.8 Å². The summed E-state index contributed by atoms with van der Waals surface area (Å²) in [4.78, 5) is 61.2. The van der Waals surface area contributed by atoms with E-state index in [1.54, 1.807) is 0 Å². The lowest BCUT2D eigenvalue weighted by Crippen LogP contribution is -2.35. The molecule has 1 aromatic heterocycles. The Balaban J connectivity index is 2.01. The SMILES string of the molecule is O=c1cc[nH]c(=O)n1C1CC(O)C(COP(=O)(O)OP(=O)(O)OP(=O)(O)O)S1. The van der Waals surface area contributed by atoms with Crippen molar-refractivity contribution in [1.29, 1.82) is 0 Å². The van der Waals surface area contributed by atoms with Crippen LogP contribution in [0.3, 0.4) is 0 Å². The molecule has 1 aromatic rings. The molecule has 15 nitrogen and oxygen atoms in total. The van der Waals surface area contributed by atoms with Crippen LogP contribution >= 0.6 is 35.2 Å². The van der Waals surface area contributed by atoms with E-state index >= 15 is 0 Å². The van der Waals surface area contributed by atoms with E-state index in [0.29, 0.717) is 0 Å². The summed E-state index contributed by atoms with van der Waals surface area (Å²) in [5.74, 6) is 0. The van der Waals surface area contributed by atoms with Crippen molar-refractivity contribution in [3.8, 4) is 0 Å². The summed E-state index contributed by atoms with van der Waals surface area (Å²) in [6, 6.07) is 1.09. The van der Waals surface area contributed by atoms with Gasteiger partial charge in [0.05, 0.1) is 23.3 Å². The Labute approximate surface area is 159 Å². The van der Waals surface area contributed by atoms with Crippen molar-refractivity contribution in [3.63, 3.8) is 0 Å². The normalized spacial score (nSPS) is 27.2. The van der Waals surface area contributed by atoms with Gasteiger partial charge < -0.3 is 29.7 Å². The number of thioether (sulfide) groups is 1. The van der Waals surface area contributed by atoms with Crippen molar-refractivity contribution in [1.82, 2.24) is 9.55 Å². The van der Waals surface area contributed by atoms with Gasteiger partial charge in [0, 0.05) is 18.7 Å². The maximum absolute atomic E-state index is 11.8. The van der Waals surface area contributed by atoms with Crippen LogP contribution in [0.2, 0.25) is 0 Å². The van der Waals surface area contributed by atoms with Gasteiger partial charge in [-0.25, -0.2) is 23.1 Å². The topological polar surface area (TPSA) is 235 Å². The highest BCUT2D eigenvalue weighted by molar-refractivity contribution is 8.00. The number of phosphoric acid groups is 3. The first-order valence-corrected chi connectivity index (χ1v) is 12.6. The molecule has 0 amide bonds. The third-order valence-electron chi connectivity index (χ3n) is 3.20. The molecule has 1 aliphatic rings. The van der Waals surface area contributed by atoms with Crippen molar-refractivity contribution >= 4 is 35.2 Å². The third kappa shape index (κ3) is 6.73. The van der Waals surface area contributed by atoms with Crippen LogP contribution in [0, 0.1) is 0 Å². The summed E-state index contributed by atoms with van der Waals surface area (Å²) in [7, 11) is -16.5. The molecule has 0 saturated carbocycles. The van der Waals surface area contributed by atoms with E-state index in [-0.39, 0.29) is 6.42 Å². The quantitative estimate of drug-likeness (QED) is 0.249. The van der Waals surface area contributed by atoms with Crippen LogP contribution in [-0.4, -0.2) is 52.2 Å². The van der Waals surface area contributed by atoms with Gasteiger partial charge in [-0.15, -0.1) is 11.8 Å². The minimum absolute atomic E-state index is 0.0813. The molecule has 6 N–H and O–H groups in total.